The molecule has 80 valence electrons. The van der Waals surface area contributed by atoms with Crippen molar-refractivity contribution in [2.45, 2.75) is 6.54 Å². The average Bonchev–Trinajstić information content (AvgIpc) is 2.77. The second kappa shape index (κ2) is 3.64. The molecular formula is C9H9NO5. The maximum atomic E-state index is 11.1. The van der Waals surface area contributed by atoms with E-state index in [4.69, 9.17) is 14.3 Å². The summed E-state index contributed by atoms with van der Waals surface area (Å²) >= 11 is 0. The highest BCUT2D eigenvalue weighted by Gasteiger charge is 2.23. The van der Waals surface area contributed by atoms with Gasteiger partial charge in [0.1, 0.15) is 18.6 Å². The van der Waals surface area contributed by atoms with Crippen LogP contribution >= 0.6 is 0 Å². The predicted molar refractivity (Wildman–Crippen MR) is 47.4 cm³/mol. The van der Waals surface area contributed by atoms with E-state index in [9.17, 15) is 9.59 Å². The van der Waals surface area contributed by atoms with E-state index >= 15 is 0 Å². The Balaban J connectivity index is 2.04. The Kier molecular flexibility index (Phi) is 2.32. The molecular weight excluding hydrogens is 202 g/mol. The number of aromatic carboxylic acids is 1. The first-order chi connectivity index (χ1) is 7.16. The Morgan fingerprint density at radius 3 is 2.93 bits per heavy atom. The molecule has 0 bridgehead atoms. The molecule has 0 unspecified atom stereocenters. The quantitative estimate of drug-likeness (QED) is 0.804. The van der Waals surface area contributed by atoms with Crippen LogP contribution in [0.15, 0.2) is 16.7 Å². The average molecular weight is 211 g/mol. The zero-order valence-corrected chi connectivity index (χ0v) is 7.80. The smallest absolute Gasteiger partial charge is 0.410 e. The van der Waals surface area contributed by atoms with Crippen LogP contribution in [0.1, 0.15) is 16.1 Å². The van der Waals surface area contributed by atoms with Crippen LogP contribution in [0.4, 0.5) is 4.79 Å². The minimum Gasteiger partial charge on any atom is -0.478 e. The summed E-state index contributed by atoms with van der Waals surface area (Å²) in [6.45, 7) is 1.11. The SMILES string of the molecule is O=C(O)c1coc(CN2CCOC2=O)c1. The number of furan rings is 1. The van der Waals surface area contributed by atoms with Crippen molar-refractivity contribution in [3.8, 4) is 0 Å². The van der Waals surface area contributed by atoms with Crippen molar-refractivity contribution >= 4 is 12.1 Å². The molecule has 1 aliphatic rings. The molecule has 1 saturated heterocycles. The fourth-order valence-corrected chi connectivity index (χ4v) is 1.33. The third-order valence-electron chi connectivity index (χ3n) is 2.09. The van der Waals surface area contributed by atoms with Crippen molar-refractivity contribution in [2.24, 2.45) is 0 Å². The maximum absolute atomic E-state index is 11.1. The Hall–Kier alpha value is -1.98. The van der Waals surface area contributed by atoms with Gasteiger partial charge in [-0.25, -0.2) is 9.59 Å². The lowest BCUT2D eigenvalue weighted by atomic mass is 10.3. The van der Waals surface area contributed by atoms with Gasteiger partial charge < -0.3 is 14.3 Å². The highest BCUT2D eigenvalue weighted by Crippen LogP contribution is 2.13. The number of carboxylic acids is 1. The number of cyclic esters (lactones) is 1. The normalized spacial score (nSPS) is 15.5. The summed E-state index contributed by atoms with van der Waals surface area (Å²) in [5.74, 6) is -0.611. The lowest BCUT2D eigenvalue weighted by Gasteiger charge is -2.09. The molecule has 1 aromatic heterocycles. The molecule has 0 aliphatic carbocycles. The first kappa shape index (κ1) is 9.57. The molecule has 1 fully saturated rings. The molecule has 2 heterocycles. The van der Waals surface area contributed by atoms with Gasteiger partial charge in [-0.05, 0) is 6.07 Å². The second-order valence-electron chi connectivity index (χ2n) is 3.14. The summed E-state index contributed by atoms with van der Waals surface area (Å²) in [7, 11) is 0. The van der Waals surface area contributed by atoms with Gasteiger partial charge in [0.15, 0.2) is 0 Å². The monoisotopic (exact) mass is 211 g/mol. The number of rotatable bonds is 3. The van der Waals surface area contributed by atoms with Crippen LogP contribution in [-0.4, -0.2) is 35.2 Å². The van der Waals surface area contributed by atoms with Crippen molar-refractivity contribution < 1.29 is 23.8 Å². The highest BCUT2D eigenvalue weighted by atomic mass is 16.6. The van der Waals surface area contributed by atoms with Crippen LogP contribution in [0.2, 0.25) is 0 Å². The number of carbonyl (C=O) groups is 2. The molecule has 0 atom stereocenters. The lowest BCUT2D eigenvalue weighted by Crippen LogP contribution is -2.23. The maximum Gasteiger partial charge on any atom is 0.410 e. The van der Waals surface area contributed by atoms with Gasteiger partial charge in [0.2, 0.25) is 0 Å². The van der Waals surface area contributed by atoms with Gasteiger partial charge >= 0.3 is 12.1 Å². The Morgan fingerprint density at radius 1 is 1.60 bits per heavy atom. The van der Waals surface area contributed by atoms with Crippen LogP contribution in [0.25, 0.3) is 0 Å². The number of hydrogen-bond donors (Lipinski definition) is 1. The van der Waals surface area contributed by atoms with Gasteiger partial charge in [0.05, 0.1) is 18.7 Å². The first-order valence-corrected chi connectivity index (χ1v) is 4.39. The van der Waals surface area contributed by atoms with E-state index in [0.717, 1.165) is 6.26 Å². The Labute approximate surface area is 85.0 Å². The molecule has 0 spiro atoms. The largest absolute Gasteiger partial charge is 0.478 e. The molecule has 1 amide bonds. The van der Waals surface area contributed by atoms with E-state index in [1.807, 2.05) is 0 Å². The minimum atomic E-state index is -1.05. The van der Waals surface area contributed by atoms with E-state index in [2.05, 4.69) is 0 Å². The topological polar surface area (TPSA) is 80.0 Å². The molecule has 1 aromatic rings. The van der Waals surface area contributed by atoms with Crippen molar-refractivity contribution in [3.63, 3.8) is 0 Å². The fraction of sp³-hybridized carbons (Fsp3) is 0.333. The lowest BCUT2D eigenvalue weighted by molar-refractivity contribution is 0.0696. The fourth-order valence-electron chi connectivity index (χ4n) is 1.33. The molecule has 0 aromatic carbocycles. The van der Waals surface area contributed by atoms with Crippen LogP contribution in [0.3, 0.4) is 0 Å². The number of carboxylic acid groups (broad SMARTS) is 1. The van der Waals surface area contributed by atoms with Gasteiger partial charge in [-0.1, -0.05) is 0 Å². The summed E-state index contributed by atoms with van der Waals surface area (Å²) in [5, 5.41) is 8.65. The molecule has 1 N–H and O–H groups in total. The molecule has 1 aliphatic heterocycles. The van der Waals surface area contributed by atoms with E-state index in [1.165, 1.54) is 11.0 Å². The van der Waals surface area contributed by atoms with E-state index in [1.54, 1.807) is 0 Å². The van der Waals surface area contributed by atoms with Crippen molar-refractivity contribution in [3.05, 3.63) is 23.7 Å². The summed E-state index contributed by atoms with van der Waals surface area (Å²) in [4.78, 5) is 23.1. The summed E-state index contributed by atoms with van der Waals surface area (Å²) in [6.07, 6.45) is 0.752. The number of hydrogen-bond acceptors (Lipinski definition) is 4. The van der Waals surface area contributed by atoms with Crippen molar-refractivity contribution in [1.29, 1.82) is 0 Å². The molecule has 15 heavy (non-hydrogen) atoms. The molecule has 2 rings (SSSR count). The number of amides is 1. The minimum absolute atomic E-state index is 0.0811. The van der Waals surface area contributed by atoms with Crippen LogP contribution in [0.5, 0.6) is 0 Å². The molecule has 6 nitrogen and oxygen atoms in total. The van der Waals surface area contributed by atoms with Crippen LogP contribution in [-0.2, 0) is 11.3 Å². The van der Waals surface area contributed by atoms with Crippen LogP contribution < -0.4 is 0 Å². The second-order valence-corrected chi connectivity index (χ2v) is 3.14. The highest BCUT2D eigenvalue weighted by molar-refractivity contribution is 5.87. The van der Waals surface area contributed by atoms with Gasteiger partial charge in [0, 0.05) is 0 Å². The zero-order valence-electron chi connectivity index (χ0n) is 7.80. The first-order valence-electron chi connectivity index (χ1n) is 4.39. The molecule has 0 radical (unpaired) electrons. The molecule has 6 heteroatoms. The summed E-state index contributed by atoms with van der Waals surface area (Å²) in [5.41, 5.74) is 0.0811. The molecule has 0 saturated carbocycles. The Bertz CT molecular complexity index is 397. The summed E-state index contributed by atoms with van der Waals surface area (Å²) < 4.78 is 9.73. The van der Waals surface area contributed by atoms with Gasteiger partial charge in [0.25, 0.3) is 0 Å². The zero-order chi connectivity index (χ0) is 10.8. The Morgan fingerprint density at radius 2 is 2.40 bits per heavy atom. The third kappa shape index (κ3) is 1.93. The number of nitrogens with zero attached hydrogens (tertiary/aromatic N) is 1. The standard InChI is InChI=1S/C9H9NO5/c11-8(12)6-3-7(15-5-6)4-10-1-2-14-9(10)13/h3,5H,1-2,4H2,(H,11,12). The van der Waals surface area contributed by atoms with Gasteiger partial charge in [-0.2, -0.15) is 0 Å². The van der Waals surface area contributed by atoms with Crippen molar-refractivity contribution in [1.82, 2.24) is 4.90 Å². The summed E-state index contributed by atoms with van der Waals surface area (Å²) in [6, 6.07) is 1.40. The number of ether oxygens (including phenoxy) is 1. The van der Waals surface area contributed by atoms with E-state index in [-0.39, 0.29) is 12.1 Å². The third-order valence-corrected chi connectivity index (χ3v) is 2.09. The van der Waals surface area contributed by atoms with Crippen molar-refractivity contribution in [2.75, 3.05) is 13.2 Å². The predicted octanol–water partition coefficient (Wildman–Crippen LogP) is 0.930. The number of carbonyl (C=O) groups excluding carboxylic acids is 1. The van der Waals surface area contributed by atoms with E-state index < -0.39 is 12.1 Å². The van der Waals surface area contributed by atoms with Crippen LogP contribution in [0, 0.1) is 0 Å². The van der Waals surface area contributed by atoms with E-state index in [0.29, 0.717) is 18.9 Å². The van der Waals surface area contributed by atoms with Gasteiger partial charge in [-0.15, -0.1) is 0 Å². The van der Waals surface area contributed by atoms with Gasteiger partial charge in [-0.3, -0.25) is 4.90 Å².